The van der Waals surface area contributed by atoms with Gasteiger partial charge < -0.3 is 5.32 Å². The van der Waals surface area contributed by atoms with Crippen LogP contribution in [0.25, 0.3) is 0 Å². The van der Waals surface area contributed by atoms with Crippen molar-refractivity contribution >= 4 is 45.2 Å². The third-order valence-corrected chi connectivity index (χ3v) is 3.83. The van der Waals surface area contributed by atoms with Gasteiger partial charge in [0.05, 0.1) is 0 Å². The van der Waals surface area contributed by atoms with Gasteiger partial charge in [-0.15, -0.1) is 0 Å². The highest BCUT2D eigenvalue weighted by Gasteiger charge is 2.07. The van der Waals surface area contributed by atoms with Crippen LogP contribution >= 0.6 is 45.2 Å². The van der Waals surface area contributed by atoms with E-state index in [-0.39, 0.29) is 0 Å². The van der Waals surface area contributed by atoms with Crippen LogP contribution in [0.4, 0.5) is 0 Å². The molecule has 0 aromatic heterocycles. The van der Waals surface area contributed by atoms with Gasteiger partial charge in [-0.2, -0.15) is 0 Å². The van der Waals surface area contributed by atoms with Gasteiger partial charge in [0.25, 0.3) is 0 Å². The van der Waals surface area contributed by atoms with Crippen LogP contribution in [-0.4, -0.2) is 12.1 Å². The molecule has 3 heteroatoms. The number of rotatable bonds is 4. The van der Waals surface area contributed by atoms with Gasteiger partial charge in [0.15, 0.2) is 0 Å². The standard InChI is InChI=1S/C12H17I2N/c1-8(2)15-9(3)6-10-4-5-11(13)7-12(10)14/h4-5,7-9,15H,6H2,1-3H3. The van der Waals surface area contributed by atoms with E-state index in [1.165, 1.54) is 12.7 Å². The zero-order chi connectivity index (χ0) is 11.4. The number of benzene rings is 1. The van der Waals surface area contributed by atoms with Gasteiger partial charge in [0.1, 0.15) is 0 Å². The van der Waals surface area contributed by atoms with Gasteiger partial charge >= 0.3 is 0 Å². The monoisotopic (exact) mass is 429 g/mol. The van der Waals surface area contributed by atoms with Gasteiger partial charge in [0.2, 0.25) is 0 Å². The molecule has 0 bridgehead atoms. The molecular weight excluding hydrogens is 412 g/mol. The molecule has 1 aromatic carbocycles. The van der Waals surface area contributed by atoms with E-state index in [0.717, 1.165) is 6.42 Å². The van der Waals surface area contributed by atoms with E-state index in [0.29, 0.717) is 12.1 Å². The second kappa shape index (κ2) is 6.39. The van der Waals surface area contributed by atoms with Crippen molar-refractivity contribution in [1.82, 2.24) is 5.32 Å². The van der Waals surface area contributed by atoms with Crippen LogP contribution in [0.2, 0.25) is 0 Å². The lowest BCUT2D eigenvalue weighted by atomic mass is 10.1. The number of halogens is 2. The molecule has 0 aliphatic rings. The Bertz CT molecular complexity index is 323. The Hall–Kier alpha value is 0.640. The zero-order valence-corrected chi connectivity index (χ0v) is 13.7. The molecule has 0 saturated carbocycles. The first kappa shape index (κ1) is 13.7. The normalized spacial score (nSPS) is 13.2. The average molecular weight is 429 g/mol. The quantitative estimate of drug-likeness (QED) is 0.718. The predicted octanol–water partition coefficient (Wildman–Crippen LogP) is 3.82. The summed E-state index contributed by atoms with van der Waals surface area (Å²) in [6.45, 7) is 6.62. The maximum atomic E-state index is 3.53. The van der Waals surface area contributed by atoms with Crippen molar-refractivity contribution in [3.8, 4) is 0 Å². The van der Waals surface area contributed by atoms with E-state index in [1.54, 1.807) is 0 Å². The van der Waals surface area contributed by atoms with Crippen LogP contribution in [0.15, 0.2) is 18.2 Å². The molecule has 1 atom stereocenters. The van der Waals surface area contributed by atoms with Crippen molar-refractivity contribution in [2.24, 2.45) is 0 Å². The lowest BCUT2D eigenvalue weighted by Gasteiger charge is -2.17. The van der Waals surface area contributed by atoms with Gasteiger partial charge in [0, 0.05) is 19.2 Å². The summed E-state index contributed by atoms with van der Waals surface area (Å²) in [6, 6.07) is 7.75. The lowest BCUT2D eigenvalue weighted by molar-refractivity contribution is 0.487. The summed E-state index contributed by atoms with van der Waals surface area (Å²) in [7, 11) is 0. The largest absolute Gasteiger partial charge is 0.312 e. The van der Waals surface area contributed by atoms with Crippen LogP contribution in [0.1, 0.15) is 26.3 Å². The SMILES string of the molecule is CC(C)NC(C)Cc1ccc(I)cc1I. The molecule has 1 aromatic rings. The minimum absolute atomic E-state index is 0.540. The number of nitrogens with one attached hydrogen (secondary N) is 1. The van der Waals surface area contributed by atoms with Crippen molar-refractivity contribution < 1.29 is 0 Å². The molecule has 0 spiro atoms. The minimum atomic E-state index is 0.540. The van der Waals surface area contributed by atoms with Crippen LogP contribution in [0.5, 0.6) is 0 Å². The molecule has 0 saturated heterocycles. The Morgan fingerprint density at radius 3 is 2.40 bits per heavy atom. The third kappa shape index (κ3) is 4.99. The van der Waals surface area contributed by atoms with Crippen LogP contribution in [-0.2, 0) is 6.42 Å². The fourth-order valence-corrected chi connectivity index (χ4v) is 3.47. The topological polar surface area (TPSA) is 12.0 Å². The molecule has 0 fully saturated rings. The van der Waals surface area contributed by atoms with Gasteiger partial charge in [-0.3, -0.25) is 0 Å². The van der Waals surface area contributed by atoms with E-state index in [4.69, 9.17) is 0 Å². The Morgan fingerprint density at radius 1 is 1.20 bits per heavy atom. The molecule has 15 heavy (non-hydrogen) atoms. The van der Waals surface area contributed by atoms with Crippen LogP contribution < -0.4 is 5.32 Å². The smallest absolute Gasteiger partial charge is 0.0173 e. The van der Waals surface area contributed by atoms with Crippen LogP contribution in [0.3, 0.4) is 0 Å². The van der Waals surface area contributed by atoms with Crippen molar-refractivity contribution in [2.75, 3.05) is 0 Å². The highest BCUT2D eigenvalue weighted by Crippen LogP contribution is 2.17. The highest BCUT2D eigenvalue weighted by atomic mass is 127. The van der Waals surface area contributed by atoms with E-state index < -0.39 is 0 Å². The second-order valence-corrected chi connectivity index (χ2v) is 6.57. The summed E-state index contributed by atoms with van der Waals surface area (Å²) in [5.74, 6) is 0. The van der Waals surface area contributed by atoms with E-state index in [2.05, 4.69) is 89.5 Å². The maximum absolute atomic E-state index is 3.53. The Morgan fingerprint density at radius 2 is 1.87 bits per heavy atom. The van der Waals surface area contributed by atoms with Gasteiger partial charge in [-0.25, -0.2) is 0 Å². The lowest BCUT2D eigenvalue weighted by Crippen LogP contribution is -2.34. The molecule has 0 radical (unpaired) electrons. The fraction of sp³-hybridized carbons (Fsp3) is 0.500. The van der Waals surface area contributed by atoms with E-state index in [1.807, 2.05) is 0 Å². The van der Waals surface area contributed by atoms with E-state index in [9.17, 15) is 0 Å². The molecule has 84 valence electrons. The average Bonchev–Trinajstić information content (AvgIpc) is 2.08. The van der Waals surface area contributed by atoms with E-state index >= 15 is 0 Å². The van der Waals surface area contributed by atoms with Crippen molar-refractivity contribution in [3.05, 3.63) is 30.9 Å². The second-order valence-electron chi connectivity index (χ2n) is 4.16. The number of hydrogen-bond acceptors (Lipinski definition) is 1. The summed E-state index contributed by atoms with van der Waals surface area (Å²) in [6.07, 6.45) is 1.10. The molecule has 1 nitrogen and oxygen atoms in total. The Kier molecular flexibility index (Phi) is 5.84. The summed E-state index contributed by atoms with van der Waals surface area (Å²) < 4.78 is 2.68. The summed E-state index contributed by atoms with van der Waals surface area (Å²) in [5, 5.41) is 3.53. The molecule has 0 aliphatic heterocycles. The molecule has 1 unspecified atom stereocenters. The number of hydrogen-bond donors (Lipinski definition) is 1. The first-order chi connectivity index (χ1) is 6.99. The van der Waals surface area contributed by atoms with Crippen molar-refractivity contribution in [1.29, 1.82) is 0 Å². The van der Waals surface area contributed by atoms with Gasteiger partial charge in [-0.1, -0.05) is 19.9 Å². The molecular formula is C12H17I2N. The van der Waals surface area contributed by atoms with Crippen molar-refractivity contribution in [2.45, 2.75) is 39.3 Å². The molecule has 0 heterocycles. The van der Waals surface area contributed by atoms with Crippen LogP contribution in [0, 0.1) is 7.14 Å². The minimum Gasteiger partial charge on any atom is -0.312 e. The first-order valence-electron chi connectivity index (χ1n) is 5.19. The Labute approximate surface area is 120 Å². The molecule has 0 aliphatic carbocycles. The Balaban J connectivity index is 2.64. The third-order valence-electron chi connectivity index (χ3n) is 2.16. The molecule has 1 N–H and O–H groups in total. The first-order valence-corrected chi connectivity index (χ1v) is 7.34. The van der Waals surface area contributed by atoms with Gasteiger partial charge in [-0.05, 0) is 76.2 Å². The highest BCUT2D eigenvalue weighted by molar-refractivity contribution is 14.1. The van der Waals surface area contributed by atoms with Crippen molar-refractivity contribution in [3.63, 3.8) is 0 Å². The maximum Gasteiger partial charge on any atom is 0.0173 e. The molecule has 1 rings (SSSR count). The predicted molar refractivity (Wildman–Crippen MR) is 83.3 cm³/mol. The fourth-order valence-electron chi connectivity index (χ4n) is 1.65. The zero-order valence-electron chi connectivity index (χ0n) is 9.35. The molecule has 0 amide bonds. The summed E-state index contributed by atoms with van der Waals surface area (Å²) in [4.78, 5) is 0. The summed E-state index contributed by atoms with van der Waals surface area (Å²) >= 11 is 4.78. The summed E-state index contributed by atoms with van der Waals surface area (Å²) in [5.41, 5.74) is 1.44.